The van der Waals surface area contributed by atoms with Gasteiger partial charge in [0.2, 0.25) is 0 Å². The van der Waals surface area contributed by atoms with Crippen molar-refractivity contribution in [3.05, 3.63) is 36.0 Å². The minimum atomic E-state index is -0.405. The lowest BCUT2D eigenvalue weighted by Crippen LogP contribution is -2.38. The smallest absolute Gasteiger partial charge is 0.310 e. The monoisotopic (exact) mass is 302 g/mol. The van der Waals surface area contributed by atoms with Gasteiger partial charge in [0, 0.05) is 23.1 Å². The van der Waals surface area contributed by atoms with E-state index in [4.69, 9.17) is 4.74 Å². The van der Waals surface area contributed by atoms with E-state index < -0.39 is 5.97 Å². The first-order valence-corrected chi connectivity index (χ1v) is 7.47. The van der Waals surface area contributed by atoms with Gasteiger partial charge in [-0.3, -0.25) is 9.59 Å². The van der Waals surface area contributed by atoms with Crippen molar-refractivity contribution in [2.24, 2.45) is 5.92 Å². The lowest BCUT2D eigenvalue weighted by Gasteiger charge is -2.17. The van der Waals surface area contributed by atoms with E-state index in [-0.39, 0.29) is 25.0 Å². The van der Waals surface area contributed by atoms with Crippen molar-refractivity contribution < 1.29 is 14.3 Å². The van der Waals surface area contributed by atoms with Crippen LogP contribution in [0.5, 0.6) is 0 Å². The molecule has 0 aliphatic carbocycles. The number of carbonyl (C=O) groups excluding carboxylic acids is 2. The fraction of sp³-hybridized carbons (Fsp3) is 0.412. The third-order valence-corrected chi connectivity index (χ3v) is 3.76. The normalized spacial score (nSPS) is 12.4. The number of esters is 1. The SMILES string of the molecule is CC(C)[C@@H](C)NC(=O)COC(=O)Cc1c[nH]c2ccccc12. The average molecular weight is 302 g/mol. The maximum absolute atomic E-state index is 11.9. The van der Waals surface area contributed by atoms with Gasteiger partial charge in [0.05, 0.1) is 6.42 Å². The lowest BCUT2D eigenvalue weighted by atomic mass is 10.1. The summed E-state index contributed by atoms with van der Waals surface area (Å²) in [5, 5.41) is 3.80. The molecule has 1 atom stereocenters. The summed E-state index contributed by atoms with van der Waals surface area (Å²) in [5.41, 5.74) is 1.85. The molecule has 0 fully saturated rings. The molecule has 0 saturated carbocycles. The summed E-state index contributed by atoms with van der Waals surface area (Å²) < 4.78 is 5.04. The van der Waals surface area contributed by atoms with E-state index in [0.29, 0.717) is 5.92 Å². The maximum Gasteiger partial charge on any atom is 0.310 e. The number of para-hydroxylation sites is 1. The van der Waals surface area contributed by atoms with E-state index in [1.54, 1.807) is 6.20 Å². The molecule has 0 saturated heterocycles. The molecule has 0 aliphatic rings. The van der Waals surface area contributed by atoms with E-state index in [1.165, 1.54) is 0 Å². The van der Waals surface area contributed by atoms with Crippen LogP contribution >= 0.6 is 0 Å². The van der Waals surface area contributed by atoms with Crippen molar-refractivity contribution >= 4 is 22.8 Å². The summed E-state index contributed by atoms with van der Waals surface area (Å²) in [7, 11) is 0. The van der Waals surface area contributed by atoms with Gasteiger partial charge in [0.15, 0.2) is 6.61 Å². The van der Waals surface area contributed by atoms with Crippen LogP contribution in [0.4, 0.5) is 0 Å². The average Bonchev–Trinajstić information content (AvgIpc) is 2.88. The molecular weight excluding hydrogens is 280 g/mol. The Bertz CT molecular complexity index is 661. The van der Waals surface area contributed by atoms with Gasteiger partial charge in [-0.25, -0.2) is 0 Å². The highest BCUT2D eigenvalue weighted by Gasteiger charge is 2.14. The zero-order valence-corrected chi connectivity index (χ0v) is 13.2. The molecule has 118 valence electrons. The van der Waals surface area contributed by atoms with Crippen LogP contribution in [0, 0.1) is 5.92 Å². The molecule has 1 amide bonds. The van der Waals surface area contributed by atoms with Crippen LogP contribution < -0.4 is 5.32 Å². The standard InChI is InChI=1S/C17H22N2O3/c1-11(2)12(3)19-16(20)10-22-17(21)8-13-9-18-15-7-5-4-6-14(13)15/h4-7,9,11-12,18H,8,10H2,1-3H3,(H,19,20)/t12-/m1/s1. The third-order valence-electron chi connectivity index (χ3n) is 3.76. The molecule has 2 aromatic rings. The molecule has 2 N–H and O–H groups in total. The predicted molar refractivity (Wildman–Crippen MR) is 85.4 cm³/mol. The van der Waals surface area contributed by atoms with E-state index >= 15 is 0 Å². The first kappa shape index (κ1) is 16.1. The first-order valence-electron chi connectivity index (χ1n) is 7.47. The Balaban J connectivity index is 1.84. The highest BCUT2D eigenvalue weighted by molar-refractivity contribution is 5.88. The van der Waals surface area contributed by atoms with Gasteiger partial charge in [-0.15, -0.1) is 0 Å². The topological polar surface area (TPSA) is 71.2 Å². The fourth-order valence-corrected chi connectivity index (χ4v) is 2.09. The molecule has 0 radical (unpaired) electrons. The molecule has 0 unspecified atom stereocenters. The molecule has 0 spiro atoms. The van der Waals surface area contributed by atoms with Gasteiger partial charge in [-0.2, -0.15) is 0 Å². The molecule has 0 aliphatic heterocycles. The Kier molecular flexibility index (Phi) is 5.20. The Morgan fingerprint density at radius 3 is 2.68 bits per heavy atom. The minimum absolute atomic E-state index is 0.0554. The van der Waals surface area contributed by atoms with E-state index in [0.717, 1.165) is 16.5 Å². The van der Waals surface area contributed by atoms with Crippen molar-refractivity contribution in [3.8, 4) is 0 Å². The number of aromatic nitrogens is 1. The number of amides is 1. The molecule has 0 bridgehead atoms. The predicted octanol–water partition coefficient (Wildman–Crippen LogP) is 2.41. The second kappa shape index (κ2) is 7.11. The van der Waals surface area contributed by atoms with Crippen molar-refractivity contribution in [2.45, 2.75) is 33.2 Å². The van der Waals surface area contributed by atoms with Gasteiger partial charge in [-0.1, -0.05) is 32.0 Å². The number of fused-ring (bicyclic) bond motifs is 1. The summed E-state index contributed by atoms with van der Waals surface area (Å²) in [6.07, 6.45) is 1.95. The summed E-state index contributed by atoms with van der Waals surface area (Å²) >= 11 is 0. The number of aromatic amines is 1. The lowest BCUT2D eigenvalue weighted by molar-refractivity contribution is -0.148. The van der Waals surface area contributed by atoms with Gasteiger partial charge >= 0.3 is 5.97 Å². The third kappa shape index (κ3) is 4.10. The zero-order chi connectivity index (χ0) is 16.1. The Hall–Kier alpha value is -2.30. The molecule has 22 heavy (non-hydrogen) atoms. The summed E-state index contributed by atoms with van der Waals surface area (Å²) in [4.78, 5) is 26.7. The Labute approximate surface area is 130 Å². The Morgan fingerprint density at radius 1 is 1.23 bits per heavy atom. The molecule has 5 heteroatoms. The van der Waals surface area contributed by atoms with E-state index in [1.807, 2.05) is 45.0 Å². The van der Waals surface area contributed by atoms with Crippen LogP contribution in [0.25, 0.3) is 10.9 Å². The van der Waals surface area contributed by atoms with Crippen LogP contribution in [-0.2, 0) is 20.7 Å². The zero-order valence-electron chi connectivity index (χ0n) is 13.2. The van der Waals surface area contributed by atoms with Gasteiger partial charge < -0.3 is 15.0 Å². The highest BCUT2D eigenvalue weighted by atomic mass is 16.5. The quantitative estimate of drug-likeness (QED) is 0.805. The van der Waals surface area contributed by atoms with Crippen LogP contribution in [-0.4, -0.2) is 29.5 Å². The van der Waals surface area contributed by atoms with E-state index in [2.05, 4.69) is 10.3 Å². The van der Waals surface area contributed by atoms with Gasteiger partial charge in [-0.05, 0) is 24.5 Å². The molecule has 2 rings (SSSR count). The molecule has 1 aromatic carbocycles. The van der Waals surface area contributed by atoms with Crippen molar-refractivity contribution in [2.75, 3.05) is 6.61 Å². The molecule has 1 aromatic heterocycles. The van der Waals surface area contributed by atoms with Crippen LogP contribution in [0.3, 0.4) is 0 Å². The number of hydrogen-bond donors (Lipinski definition) is 2. The van der Waals surface area contributed by atoms with Crippen LogP contribution in [0.2, 0.25) is 0 Å². The van der Waals surface area contributed by atoms with Crippen molar-refractivity contribution in [1.82, 2.24) is 10.3 Å². The maximum atomic E-state index is 11.9. The number of hydrogen-bond acceptors (Lipinski definition) is 3. The largest absolute Gasteiger partial charge is 0.455 e. The summed E-state index contributed by atoms with van der Waals surface area (Å²) in [6, 6.07) is 7.81. The summed E-state index contributed by atoms with van der Waals surface area (Å²) in [6.45, 7) is 5.73. The number of carbonyl (C=O) groups is 2. The number of rotatable bonds is 6. The van der Waals surface area contributed by atoms with Crippen LogP contribution in [0.15, 0.2) is 30.5 Å². The Morgan fingerprint density at radius 2 is 1.95 bits per heavy atom. The molecule has 1 heterocycles. The number of ether oxygens (including phenoxy) is 1. The summed E-state index contributed by atoms with van der Waals surface area (Å²) in [5.74, 6) is -0.337. The number of nitrogens with one attached hydrogen (secondary N) is 2. The fourth-order valence-electron chi connectivity index (χ4n) is 2.09. The highest BCUT2D eigenvalue weighted by Crippen LogP contribution is 2.18. The second-order valence-corrected chi connectivity index (χ2v) is 5.80. The van der Waals surface area contributed by atoms with Gasteiger partial charge in [0.1, 0.15) is 0 Å². The van der Waals surface area contributed by atoms with Gasteiger partial charge in [0.25, 0.3) is 5.91 Å². The van der Waals surface area contributed by atoms with Crippen molar-refractivity contribution in [1.29, 1.82) is 0 Å². The molecule has 5 nitrogen and oxygen atoms in total. The first-order chi connectivity index (χ1) is 10.5. The van der Waals surface area contributed by atoms with Crippen LogP contribution in [0.1, 0.15) is 26.3 Å². The minimum Gasteiger partial charge on any atom is -0.455 e. The second-order valence-electron chi connectivity index (χ2n) is 5.80. The molecular formula is C17H22N2O3. The van der Waals surface area contributed by atoms with E-state index in [9.17, 15) is 9.59 Å². The number of benzene rings is 1. The number of H-pyrrole nitrogens is 1. The van der Waals surface area contributed by atoms with Crippen molar-refractivity contribution in [3.63, 3.8) is 0 Å².